The lowest BCUT2D eigenvalue weighted by molar-refractivity contribution is 0.535. The van der Waals surface area contributed by atoms with E-state index in [4.69, 9.17) is 11.5 Å². The minimum Gasteiger partial charge on any atom is -0.369 e. The molecule has 0 bridgehead atoms. The van der Waals surface area contributed by atoms with Crippen LogP contribution in [0, 0.1) is 0 Å². The second kappa shape index (κ2) is 4.95. The maximum Gasteiger partial charge on any atom is 0.266 e. The highest BCUT2D eigenvalue weighted by molar-refractivity contribution is 7.89. The lowest BCUT2D eigenvalue weighted by Crippen LogP contribution is -2.39. The molecule has 0 aliphatic carbocycles. The number of benzene rings is 1. The summed E-state index contributed by atoms with van der Waals surface area (Å²) < 4.78 is 26.1. The second-order valence-corrected chi connectivity index (χ2v) is 5.79. The minimum atomic E-state index is -3.62. The largest absolute Gasteiger partial charge is 0.369 e. The van der Waals surface area contributed by atoms with Crippen LogP contribution in [0.3, 0.4) is 0 Å². The van der Waals surface area contributed by atoms with E-state index in [9.17, 15) is 8.42 Å². The molecule has 0 fully saturated rings. The third-order valence-electron chi connectivity index (χ3n) is 2.79. The van der Waals surface area contributed by atoms with Crippen molar-refractivity contribution in [1.82, 2.24) is 4.31 Å². The Morgan fingerprint density at radius 2 is 2.06 bits per heavy atom. The van der Waals surface area contributed by atoms with Gasteiger partial charge in [-0.05, 0) is 24.6 Å². The lowest BCUT2D eigenvalue weighted by atomic mass is 10.1. The highest BCUT2D eigenvalue weighted by atomic mass is 32.2. The van der Waals surface area contributed by atoms with E-state index in [1.807, 2.05) is 0 Å². The van der Waals surface area contributed by atoms with Crippen LogP contribution in [0.1, 0.15) is 5.56 Å². The summed E-state index contributed by atoms with van der Waals surface area (Å²) >= 11 is 0. The van der Waals surface area contributed by atoms with Gasteiger partial charge in [-0.15, -0.1) is 0 Å². The first kappa shape index (κ1) is 12.8. The number of sulfonamides is 1. The molecule has 0 saturated carbocycles. The van der Waals surface area contributed by atoms with Gasteiger partial charge in [0.1, 0.15) is 0 Å². The summed E-state index contributed by atoms with van der Waals surface area (Å²) in [6, 6.07) is 6.83. The van der Waals surface area contributed by atoms with Crippen molar-refractivity contribution in [3.63, 3.8) is 0 Å². The molecule has 6 nitrogen and oxygen atoms in total. The summed E-state index contributed by atoms with van der Waals surface area (Å²) in [7, 11) is -3.62. The number of hydrogen-bond donors (Lipinski definition) is 2. The molecule has 1 aromatic rings. The van der Waals surface area contributed by atoms with Gasteiger partial charge in [-0.25, -0.2) is 12.7 Å². The van der Waals surface area contributed by atoms with Crippen LogP contribution in [0.15, 0.2) is 34.2 Å². The lowest BCUT2D eigenvalue weighted by Gasteiger charge is -2.19. The summed E-state index contributed by atoms with van der Waals surface area (Å²) in [6.45, 7) is 1.10. The highest BCUT2D eigenvalue weighted by Gasteiger charge is 2.30. The van der Waals surface area contributed by atoms with E-state index in [1.54, 1.807) is 24.3 Å². The predicted molar refractivity (Wildman–Crippen MR) is 69.6 cm³/mol. The molecule has 2 rings (SSSR count). The van der Waals surface area contributed by atoms with Gasteiger partial charge >= 0.3 is 0 Å². The zero-order valence-corrected chi connectivity index (χ0v) is 10.7. The van der Waals surface area contributed by atoms with Gasteiger partial charge in [-0.1, -0.05) is 18.2 Å². The molecular weight excluding hydrogens is 252 g/mol. The second-order valence-electron chi connectivity index (χ2n) is 3.96. The Bertz CT molecular complexity index is 568. The number of guanidine groups is 1. The van der Waals surface area contributed by atoms with Crippen LogP contribution in [-0.2, 0) is 16.4 Å². The molecule has 0 aromatic heterocycles. The van der Waals surface area contributed by atoms with Crippen LogP contribution in [0.5, 0.6) is 0 Å². The third kappa shape index (κ3) is 2.19. The van der Waals surface area contributed by atoms with Crippen LogP contribution in [0.25, 0.3) is 0 Å². The molecule has 0 amide bonds. The zero-order chi connectivity index (χ0) is 13.2. The van der Waals surface area contributed by atoms with Gasteiger partial charge in [0.25, 0.3) is 10.0 Å². The van der Waals surface area contributed by atoms with Gasteiger partial charge in [0, 0.05) is 0 Å². The van der Waals surface area contributed by atoms with Gasteiger partial charge in [0.05, 0.1) is 18.0 Å². The molecule has 0 unspecified atom stereocenters. The SMILES string of the molecule is NCCc1ccccc1S(=O)(=O)N1CCN=C1N. The Labute approximate surface area is 106 Å². The molecule has 18 heavy (non-hydrogen) atoms. The molecule has 1 aromatic carbocycles. The molecule has 0 saturated heterocycles. The van der Waals surface area contributed by atoms with Crippen LogP contribution < -0.4 is 11.5 Å². The summed E-state index contributed by atoms with van der Waals surface area (Å²) in [4.78, 5) is 4.16. The third-order valence-corrected chi connectivity index (χ3v) is 4.69. The summed E-state index contributed by atoms with van der Waals surface area (Å²) in [5, 5.41) is 0. The van der Waals surface area contributed by atoms with Crippen molar-refractivity contribution in [3.05, 3.63) is 29.8 Å². The Balaban J connectivity index is 2.44. The Kier molecular flexibility index (Phi) is 3.53. The maximum absolute atomic E-state index is 12.5. The number of rotatable bonds is 4. The van der Waals surface area contributed by atoms with Crippen molar-refractivity contribution in [2.24, 2.45) is 16.5 Å². The summed E-state index contributed by atoms with van der Waals surface area (Å²) in [6.07, 6.45) is 0.514. The molecule has 1 aliphatic heterocycles. The van der Waals surface area contributed by atoms with E-state index in [0.29, 0.717) is 31.6 Å². The predicted octanol–water partition coefficient (Wildman–Crippen LogP) is -0.493. The fraction of sp³-hybridized carbons (Fsp3) is 0.364. The van der Waals surface area contributed by atoms with Gasteiger partial charge in [0.15, 0.2) is 0 Å². The minimum absolute atomic E-state index is 0.0533. The van der Waals surface area contributed by atoms with Crippen molar-refractivity contribution in [2.45, 2.75) is 11.3 Å². The van der Waals surface area contributed by atoms with Crippen LogP contribution in [-0.4, -0.2) is 38.3 Å². The Hall–Kier alpha value is -1.60. The highest BCUT2D eigenvalue weighted by Crippen LogP contribution is 2.21. The van der Waals surface area contributed by atoms with Crippen LogP contribution >= 0.6 is 0 Å². The molecular formula is C11H16N4O2S. The average Bonchev–Trinajstić information content (AvgIpc) is 2.77. The number of aliphatic imine (C=N–C) groups is 1. The Morgan fingerprint density at radius 1 is 1.33 bits per heavy atom. The number of hydrogen-bond acceptors (Lipinski definition) is 5. The van der Waals surface area contributed by atoms with Crippen molar-refractivity contribution in [2.75, 3.05) is 19.6 Å². The molecule has 1 aliphatic rings. The standard InChI is InChI=1S/C11H16N4O2S/c12-6-5-9-3-1-2-4-10(9)18(16,17)15-8-7-14-11(15)13/h1-4H,5-8,12H2,(H2,13,14). The van der Waals surface area contributed by atoms with Gasteiger partial charge < -0.3 is 11.5 Å². The van der Waals surface area contributed by atoms with E-state index < -0.39 is 10.0 Å². The van der Waals surface area contributed by atoms with E-state index in [2.05, 4.69) is 4.99 Å². The zero-order valence-electron chi connectivity index (χ0n) is 9.91. The van der Waals surface area contributed by atoms with E-state index in [1.165, 1.54) is 0 Å². The van der Waals surface area contributed by atoms with Gasteiger partial charge in [-0.3, -0.25) is 4.99 Å². The monoisotopic (exact) mass is 268 g/mol. The quantitative estimate of drug-likeness (QED) is 0.769. The van der Waals surface area contributed by atoms with Gasteiger partial charge in [0.2, 0.25) is 5.96 Å². The summed E-state index contributed by atoms with van der Waals surface area (Å²) in [5.41, 5.74) is 11.8. The number of nitrogens with two attached hydrogens (primary N) is 2. The van der Waals surface area contributed by atoms with Gasteiger partial charge in [-0.2, -0.15) is 0 Å². The Morgan fingerprint density at radius 3 is 2.67 bits per heavy atom. The normalized spacial score (nSPS) is 15.8. The fourth-order valence-electron chi connectivity index (χ4n) is 1.93. The van der Waals surface area contributed by atoms with Crippen molar-refractivity contribution < 1.29 is 8.42 Å². The first-order chi connectivity index (χ1) is 8.57. The first-order valence-corrected chi connectivity index (χ1v) is 7.12. The molecule has 1 heterocycles. The molecule has 0 atom stereocenters. The topological polar surface area (TPSA) is 102 Å². The van der Waals surface area contributed by atoms with E-state index in [0.717, 1.165) is 4.31 Å². The molecule has 98 valence electrons. The van der Waals surface area contributed by atoms with Crippen molar-refractivity contribution in [1.29, 1.82) is 0 Å². The first-order valence-electron chi connectivity index (χ1n) is 5.68. The van der Waals surface area contributed by atoms with Crippen LogP contribution in [0.2, 0.25) is 0 Å². The van der Waals surface area contributed by atoms with E-state index >= 15 is 0 Å². The molecule has 7 heteroatoms. The smallest absolute Gasteiger partial charge is 0.266 e. The fourth-order valence-corrected chi connectivity index (χ4v) is 3.54. The molecule has 4 N–H and O–H groups in total. The van der Waals surface area contributed by atoms with Crippen molar-refractivity contribution >= 4 is 16.0 Å². The summed E-state index contributed by atoms with van der Waals surface area (Å²) in [5.74, 6) is 0.0533. The van der Waals surface area contributed by atoms with Crippen molar-refractivity contribution in [3.8, 4) is 0 Å². The number of nitrogens with zero attached hydrogens (tertiary/aromatic N) is 2. The maximum atomic E-state index is 12.5. The van der Waals surface area contributed by atoms with Crippen LogP contribution in [0.4, 0.5) is 0 Å². The molecule has 0 spiro atoms. The molecule has 0 radical (unpaired) electrons. The van der Waals surface area contributed by atoms with E-state index in [-0.39, 0.29) is 10.9 Å². The average molecular weight is 268 g/mol.